The highest BCUT2D eigenvalue weighted by atomic mass is 19.1. The summed E-state index contributed by atoms with van der Waals surface area (Å²) in [5, 5.41) is 8.46. The fourth-order valence-electron chi connectivity index (χ4n) is 4.00. The number of nitrogens with one attached hydrogen (secondary N) is 2. The summed E-state index contributed by atoms with van der Waals surface area (Å²) in [5.41, 5.74) is 8.32. The molecule has 0 unspecified atom stereocenters. The summed E-state index contributed by atoms with van der Waals surface area (Å²) in [6, 6.07) is 16.4. The zero-order chi connectivity index (χ0) is 21.7. The number of aromatic amines is 2. The molecular formula is C25H17FN6. The van der Waals surface area contributed by atoms with Crippen molar-refractivity contribution in [2.75, 3.05) is 0 Å². The summed E-state index contributed by atoms with van der Waals surface area (Å²) >= 11 is 0. The molecule has 0 aliphatic carbocycles. The van der Waals surface area contributed by atoms with Crippen molar-refractivity contribution in [2.24, 2.45) is 0 Å². The summed E-state index contributed by atoms with van der Waals surface area (Å²) < 4.78 is 13.8. The predicted molar refractivity (Wildman–Crippen MR) is 122 cm³/mol. The van der Waals surface area contributed by atoms with Crippen LogP contribution in [0.1, 0.15) is 5.56 Å². The van der Waals surface area contributed by atoms with Crippen LogP contribution in [0.15, 0.2) is 73.2 Å². The Hall–Kier alpha value is -4.39. The third-order valence-electron chi connectivity index (χ3n) is 5.50. The van der Waals surface area contributed by atoms with Gasteiger partial charge < -0.3 is 4.98 Å². The number of fused-ring (bicyclic) bond motifs is 2. The molecule has 0 fully saturated rings. The minimum absolute atomic E-state index is 0.274. The van der Waals surface area contributed by atoms with Gasteiger partial charge in [0.05, 0.1) is 16.9 Å². The molecule has 0 amide bonds. The van der Waals surface area contributed by atoms with Crippen molar-refractivity contribution in [3.63, 3.8) is 0 Å². The van der Waals surface area contributed by atoms with Gasteiger partial charge in [-0.2, -0.15) is 5.10 Å². The van der Waals surface area contributed by atoms with E-state index >= 15 is 0 Å². The molecule has 1 aromatic carbocycles. The molecule has 154 valence electrons. The molecule has 0 saturated heterocycles. The van der Waals surface area contributed by atoms with Gasteiger partial charge in [0.25, 0.3) is 0 Å². The largest absolute Gasteiger partial charge is 0.338 e. The number of benzene rings is 1. The van der Waals surface area contributed by atoms with E-state index in [1.54, 1.807) is 18.5 Å². The van der Waals surface area contributed by atoms with E-state index in [0.29, 0.717) is 11.3 Å². The van der Waals surface area contributed by atoms with Crippen LogP contribution in [0.5, 0.6) is 0 Å². The van der Waals surface area contributed by atoms with Crippen molar-refractivity contribution >= 4 is 22.1 Å². The second kappa shape index (κ2) is 7.09. The van der Waals surface area contributed by atoms with Crippen molar-refractivity contribution in [3.05, 3.63) is 84.6 Å². The van der Waals surface area contributed by atoms with Gasteiger partial charge in [0.1, 0.15) is 22.7 Å². The van der Waals surface area contributed by atoms with Gasteiger partial charge in [-0.05, 0) is 66.1 Å². The Bertz CT molecular complexity index is 1610. The highest BCUT2D eigenvalue weighted by Crippen LogP contribution is 2.33. The summed E-state index contributed by atoms with van der Waals surface area (Å²) in [7, 11) is 0. The van der Waals surface area contributed by atoms with Crippen molar-refractivity contribution in [2.45, 2.75) is 6.92 Å². The lowest BCUT2D eigenvalue weighted by molar-refractivity contribution is 0.628. The second-order valence-electron chi connectivity index (χ2n) is 7.73. The average Bonchev–Trinajstić information content (AvgIpc) is 3.42. The Labute approximate surface area is 182 Å². The van der Waals surface area contributed by atoms with Crippen LogP contribution in [0.25, 0.3) is 55.8 Å². The molecule has 0 aliphatic rings. The first-order valence-electron chi connectivity index (χ1n) is 10.2. The molecule has 0 bridgehead atoms. The molecule has 0 spiro atoms. The highest BCUT2D eigenvalue weighted by Gasteiger charge is 2.16. The highest BCUT2D eigenvalue weighted by molar-refractivity contribution is 5.99. The van der Waals surface area contributed by atoms with Gasteiger partial charge in [-0.1, -0.05) is 12.1 Å². The number of aryl methyl sites for hydroxylation is 1. The van der Waals surface area contributed by atoms with Crippen molar-refractivity contribution in [1.29, 1.82) is 0 Å². The summed E-state index contributed by atoms with van der Waals surface area (Å²) in [6.45, 7) is 2.01. The van der Waals surface area contributed by atoms with E-state index in [4.69, 9.17) is 4.98 Å². The Morgan fingerprint density at radius 1 is 0.938 bits per heavy atom. The van der Waals surface area contributed by atoms with Crippen LogP contribution in [0, 0.1) is 12.7 Å². The molecule has 6 rings (SSSR count). The Morgan fingerprint density at radius 2 is 1.88 bits per heavy atom. The van der Waals surface area contributed by atoms with Crippen LogP contribution < -0.4 is 0 Å². The average molecular weight is 420 g/mol. The normalized spacial score (nSPS) is 11.4. The number of rotatable bonds is 3. The third-order valence-corrected chi connectivity index (χ3v) is 5.50. The molecule has 2 N–H and O–H groups in total. The van der Waals surface area contributed by atoms with Gasteiger partial charge in [0.15, 0.2) is 0 Å². The van der Waals surface area contributed by atoms with Gasteiger partial charge in [0.2, 0.25) is 0 Å². The quantitative estimate of drug-likeness (QED) is 0.386. The number of halogens is 1. The molecule has 0 aliphatic heterocycles. The Kier molecular flexibility index (Phi) is 4.07. The van der Waals surface area contributed by atoms with Gasteiger partial charge >= 0.3 is 0 Å². The summed E-state index contributed by atoms with van der Waals surface area (Å²) in [6.07, 6.45) is 5.34. The summed E-state index contributed by atoms with van der Waals surface area (Å²) in [5.74, 6) is -0.274. The fourth-order valence-corrected chi connectivity index (χ4v) is 4.00. The van der Waals surface area contributed by atoms with E-state index < -0.39 is 0 Å². The molecule has 5 heterocycles. The van der Waals surface area contributed by atoms with Crippen LogP contribution in [-0.2, 0) is 0 Å². The monoisotopic (exact) mass is 420 g/mol. The number of nitrogens with zero attached hydrogens (tertiary/aromatic N) is 4. The topological polar surface area (TPSA) is 83.1 Å². The maximum absolute atomic E-state index is 13.8. The molecule has 0 radical (unpaired) electrons. The van der Waals surface area contributed by atoms with Crippen molar-refractivity contribution in [1.82, 2.24) is 30.1 Å². The third kappa shape index (κ3) is 3.02. The fraction of sp³-hybridized carbons (Fsp3) is 0.0400. The van der Waals surface area contributed by atoms with Crippen LogP contribution in [0.4, 0.5) is 4.39 Å². The van der Waals surface area contributed by atoms with Gasteiger partial charge in [-0.15, -0.1) is 0 Å². The lowest BCUT2D eigenvalue weighted by atomic mass is 10.0. The van der Waals surface area contributed by atoms with Gasteiger partial charge in [-0.25, -0.2) is 14.4 Å². The maximum atomic E-state index is 13.8. The standard InChI is InChI=1S/C25H17FN6/c1-14-9-16(13-27-12-14)20-5-6-21-23(29-20)24(32-31-21)22-11-19-18(7-8-28-25(19)30-22)15-3-2-4-17(26)10-15/h2-13H,1H3,(H,28,30)(H,31,32). The molecule has 0 atom stereocenters. The first kappa shape index (κ1) is 18.4. The second-order valence-corrected chi connectivity index (χ2v) is 7.73. The van der Waals surface area contributed by atoms with E-state index in [9.17, 15) is 4.39 Å². The van der Waals surface area contributed by atoms with E-state index in [2.05, 4.69) is 31.2 Å². The van der Waals surface area contributed by atoms with Gasteiger partial charge in [0, 0.05) is 29.5 Å². The lowest BCUT2D eigenvalue weighted by Crippen LogP contribution is -1.88. The predicted octanol–water partition coefficient (Wildman–Crippen LogP) is 5.68. The molecule has 32 heavy (non-hydrogen) atoms. The number of hydrogen-bond acceptors (Lipinski definition) is 4. The van der Waals surface area contributed by atoms with E-state index in [1.807, 2.05) is 43.5 Å². The van der Waals surface area contributed by atoms with Crippen LogP contribution in [0.2, 0.25) is 0 Å². The zero-order valence-corrected chi connectivity index (χ0v) is 17.1. The first-order chi connectivity index (χ1) is 15.7. The van der Waals surface area contributed by atoms with Gasteiger partial charge in [-0.3, -0.25) is 10.1 Å². The SMILES string of the molecule is Cc1cncc(-c2ccc3[nH]nc(-c4cc5c(-c6cccc(F)c6)ccnc5[nH]4)c3n2)c1. The Balaban J connectivity index is 1.51. The zero-order valence-electron chi connectivity index (χ0n) is 17.1. The first-order valence-corrected chi connectivity index (χ1v) is 10.2. The van der Waals surface area contributed by atoms with Crippen LogP contribution in [0.3, 0.4) is 0 Å². The van der Waals surface area contributed by atoms with Crippen LogP contribution >= 0.6 is 0 Å². The Morgan fingerprint density at radius 3 is 2.75 bits per heavy atom. The minimum atomic E-state index is -0.274. The van der Waals surface area contributed by atoms with Crippen LogP contribution in [-0.4, -0.2) is 30.1 Å². The van der Waals surface area contributed by atoms with E-state index in [0.717, 1.165) is 50.1 Å². The molecule has 6 nitrogen and oxygen atoms in total. The number of aromatic nitrogens is 6. The van der Waals surface area contributed by atoms with Crippen molar-refractivity contribution in [3.8, 4) is 33.8 Å². The lowest BCUT2D eigenvalue weighted by Gasteiger charge is -2.03. The van der Waals surface area contributed by atoms with Crippen molar-refractivity contribution < 1.29 is 4.39 Å². The minimum Gasteiger partial charge on any atom is -0.338 e. The van der Waals surface area contributed by atoms with E-state index in [1.165, 1.54) is 12.1 Å². The number of pyridine rings is 3. The number of H-pyrrole nitrogens is 2. The summed E-state index contributed by atoms with van der Waals surface area (Å²) in [4.78, 5) is 16.9. The molecule has 6 aromatic rings. The smallest absolute Gasteiger partial charge is 0.138 e. The number of hydrogen-bond donors (Lipinski definition) is 2. The maximum Gasteiger partial charge on any atom is 0.138 e. The molecular weight excluding hydrogens is 403 g/mol. The molecule has 7 heteroatoms. The van der Waals surface area contributed by atoms with E-state index in [-0.39, 0.29) is 5.82 Å². The molecule has 0 saturated carbocycles. The molecule has 5 aromatic heterocycles.